The van der Waals surface area contributed by atoms with Crippen LogP contribution in [0.3, 0.4) is 0 Å². The molecule has 13 nitrogen and oxygen atoms in total. The second kappa shape index (κ2) is 14.1. The number of para-hydroxylation sites is 1. The molecule has 4 aromatic rings. The minimum absolute atomic E-state index is 0.0286. The highest BCUT2D eigenvalue weighted by Gasteiger charge is 2.31. The van der Waals surface area contributed by atoms with E-state index in [-0.39, 0.29) is 19.3 Å². The molecular formula is C29H33N7O6. The van der Waals surface area contributed by atoms with Crippen molar-refractivity contribution >= 4 is 34.6 Å². The van der Waals surface area contributed by atoms with Crippen LogP contribution in [0.2, 0.25) is 0 Å². The maximum absolute atomic E-state index is 13.6. The number of hydrogen-bond donors (Lipinski definition) is 8. The molecule has 2 aromatic carbocycles. The van der Waals surface area contributed by atoms with Gasteiger partial charge in [0, 0.05) is 48.3 Å². The predicted molar refractivity (Wildman–Crippen MR) is 153 cm³/mol. The molecule has 9 N–H and O–H groups in total. The number of H-pyrrole nitrogens is 2. The van der Waals surface area contributed by atoms with Crippen molar-refractivity contribution in [3.8, 4) is 0 Å². The first kappa shape index (κ1) is 30.0. The van der Waals surface area contributed by atoms with Crippen LogP contribution in [0.15, 0.2) is 73.3 Å². The number of aliphatic hydroxyl groups excluding tert-OH is 1. The lowest BCUT2D eigenvalue weighted by atomic mass is 10.0. The number of aromatic nitrogens is 3. The zero-order valence-corrected chi connectivity index (χ0v) is 22.6. The normalized spacial score (nSPS) is 14.0. The summed E-state index contributed by atoms with van der Waals surface area (Å²) in [6, 6.07) is 11.4. The molecule has 4 atom stereocenters. The molecule has 4 rings (SSSR count). The summed E-state index contributed by atoms with van der Waals surface area (Å²) >= 11 is 0. The molecule has 13 heteroatoms. The molecule has 220 valence electrons. The second-order valence-electron chi connectivity index (χ2n) is 9.85. The van der Waals surface area contributed by atoms with Crippen molar-refractivity contribution in [1.82, 2.24) is 30.9 Å². The van der Waals surface area contributed by atoms with Gasteiger partial charge in [-0.25, -0.2) is 9.78 Å². The molecule has 2 heterocycles. The molecule has 0 radical (unpaired) electrons. The molecule has 0 aliphatic carbocycles. The monoisotopic (exact) mass is 575 g/mol. The molecule has 0 bridgehead atoms. The Bertz CT molecular complexity index is 1510. The third kappa shape index (κ3) is 7.80. The van der Waals surface area contributed by atoms with Gasteiger partial charge in [-0.05, 0) is 17.2 Å². The highest BCUT2D eigenvalue weighted by Crippen LogP contribution is 2.19. The van der Waals surface area contributed by atoms with Crippen LogP contribution in [0, 0.1) is 0 Å². The van der Waals surface area contributed by atoms with Gasteiger partial charge in [0.05, 0.1) is 12.9 Å². The third-order valence-electron chi connectivity index (χ3n) is 6.77. The fourth-order valence-corrected chi connectivity index (χ4v) is 4.51. The van der Waals surface area contributed by atoms with Crippen LogP contribution in [-0.2, 0) is 38.4 Å². The number of nitrogens with two attached hydrogens (primary N) is 1. The Hall–Kier alpha value is -5.01. The maximum atomic E-state index is 13.6. The Balaban J connectivity index is 1.56. The van der Waals surface area contributed by atoms with Crippen molar-refractivity contribution in [2.24, 2.45) is 5.73 Å². The molecular weight excluding hydrogens is 542 g/mol. The van der Waals surface area contributed by atoms with Gasteiger partial charge >= 0.3 is 5.97 Å². The number of aliphatic hydroxyl groups is 1. The molecule has 0 saturated carbocycles. The fraction of sp³-hybridized carbons (Fsp3) is 0.276. The van der Waals surface area contributed by atoms with E-state index < -0.39 is 54.5 Å². The largest absolute Gasteiger partial charge is 0.480 e. The number of benzene rings is 2. The quantitative estimate of drug-likeness (QED) is 0.100. The first-order valence-electron chi connectivity index (χ1n) is 13.3. The molecule has 0 aliphatic rings. The van der Waals surface area contributed by atoms with Crippen molar-refractivity contribution in [2.45, 2.75) is 43.4 Å². The van der Waals surface area contributed by atoms with Crippen LogP contribution in [0.4, 0.5) is 0 Å². The number of fused-ring (bicyclic) bond motifs is 1. The number of nitrogens with zero attached hydrogens (tertiary/aromatic N) is 1. The number of carboxylic acid groups (broad SMARTS) is 1. The van der Waals surface area contributed by atoms with Gasteiger partial charge in [0.15, 0.2) is 0 Å². The van der Waals surface area contributed by atoms with Crippen LogP contribution in [-0.4, -0.2) is 79.6 Å². The van der Waals surface area contributed by atoms with E-state index in [9.17, 15) is 29.4 Å². The zero-order valence-electron chi connectivity index (χ0n) is 22.6. The Kier molecular flexibility index (Phi) is 10.0. The topological polar surface area (TPSA) is 215 Å². The van der Waals surface area contributed by atoms with Gasteiger partial charge in [-0.15, -0.1) is 0 Å². The van der Waals surface area contributed by atoms with E-state index in [1.165, 1.54) is 12.5 Å². The summed E-state index contributed by atoms with van der Waals surface area (Å²) in [5, 5.41) is 27.7. The molecule has 0 spiro atoms. The van der Waals surface area contributed by atoms with Crippen LogP contribution >= 0.6 is 0 Å². The van der Waals surface area contributed by atoms with Gasteiger partial charge in [-0.1, -0.05) is 48.5 Å². The summed E-state index contributed by atoms with van der Waals surface area (Å²) in [7, 11) is 0. The van der Waals surface area contributed by atoms with Crippen LogP contribution in [0.5, 0.6) is 0 Å². The van der Waals surface area contributed by atoms with Crippen LogP contribution in [0.25, 0.3) is 10.9 Å². The summed E-state index contributed by atoms with van der Waals surface area (Å²) in [6.07, 6.45) is 4.67. The Morgan fingerprint density at radius 2 is 1.45 bits per heavy atom. The van der Waals surface area contributed by atoms with Gasteiger partial charge in [0.2, 0.25) is 17.7 Å². The van der Waals surface area contributed by atoms with Crippen LogP contribution in [0.1, 0.15) is 16.8 Å². The smallest absolute Gasteiger partial charge is 0.326 e. The summed E-state index contributed by atoms with van der Waals surface area (Å²) in [5.74, 6) is -3.42. The summed E-state index contributed by atoms with van der Waals surface area (Å²) in [4.78, 5) is 61.6. The van der Waals surface area contributed by atoms with E-state index in [2.05, 4.69) is 30.9 Å². The van der Waals surface area contributed by atoms with Crippen molar-refractivity contribution < 1.29 is 29.4 Å². The number of carbonyl (C=O) groups is 4. The van der Waals surface area contributed by atoms with E-state index in [0.29, 0.717) is 11.3 Å². The Morgan fingerprint density at radius 1 is 0.810 bits per heavy atom. The van der Waals surface area contributed by atoms with Crippen molar-refractivity contribution in [3.63, 3.8) is 0 Å². The maximum Gasteiger partial charge on any atom is 0.326 e. The van der Waals surface area contributed by atoms with Crippen molar-refractivity contribution in [1.29, 1.82) is 0 Å². The first-order chi connectivity index (χ1) is 20.2. The number of aliphatic carboxylic acids is 1. The lowest BCUT2D eigenvalue weighted by Gasteiger charge is -2.25. The SMILES string of the molecule is NC(CO)C(=O)NC(Cc1c[nH]c2ccccc12)C(=O)NC(Cc1cnc[nH]1)C(=O)NC(Cc1ccccc1)C(=O)O. The minimum atomic E-state index is -1.26. The minimum Gasteiger partial charge on any atom is -0.480 e. The van der Waals surface area contributed by atoms with Gasteiger partial charge < -0.3 is 41.9 Å². The second-order valence-corrected chi connectivity index (χ2v) is 9.85. The number of nitrogens with one attached hydrogen (secondary N) is 5. The Morgan fingerprint density at radius 3 is 2.12 bits per heavy atom. The van der Waals surface area contributed by atoms with E-state index in [0.717, 1.165) is 16.5 Å². The number of hydrogen-bond acceptors (Lipinski definition) is 7. The molecule has 2 aromatic heterocycles. The fourth-order valence-electron chi connectivity index (χ4n) is 4.51. The number of amides is 3. The molecule has 0 fully saturated rings. The third-order valence-corrected chi connectivity index (χ3v) is 6.77. The zero-order chi connectivity index (χ0) is 30.1. The molecule has 0 aliphatic heterocycles. The van der Waals surface area contributed by atoms with E-state index in [1.54, 1.807) is 36.5 Å². The summed E-state index contributed by atoms with van der Waals surface area (Å²) < 4.78 is 0. The standard InChI is InChI=1S/C29H33N7O6/c30-21(15-37)26(38)34-23(11-18-13-32-22-9-5-4-8-20(18)22)27(39)35-24(12-19-14-31-16-33-19)28(40)36-25(29(41)42)10-17-6-2-1-3-7-17/h1-9,13-14,16,21,23-25,32,37H,10-12,15,30H2,(H,31,33)(H,34,38)(H,35,39)(H,36,40)(H,41,42). The molecule has 0 saturated heterocycles. The number of carboxylic acids is 1. The van der Waals surface area contributed by atoms with Crippen LogP contribution < -0.4 is 21.7 Å². The Labute approximate surface area is 240 Å². The highest BCUT2D eigenvalue weighted by atomic mass is 16.4. The predicted octanol–water partition coefficient (Wildman–Crippen LogP) is -0.222. The van der Waals surface area contributed by atoms with Crippen molar-refractivity contribution in [2.75, 3.05) is 6.61 Å². The number of imidazole rings is 1. The van der Waals surface area contributed by atoms with Gasteiger partial charge in [-0.2, -0.15) is 0 Å². The van der Waals surface area contributed by atoms with Gasteiger partial charge in [0.25, 0.3) is 0 Å². The van der Waals surface area contributed by atoms with Crippen molar-refractivity contribution in [3.05, 3.63) is 90.1 Å². The van der Waals surface area contributed by atoms with E-state index in [1.807, 2.05) is 24.3 Å². The molecule has 4 unspecified atom stereocenters. The number of aromatic amines is 2. The van der Waals surface area contributed by atoms with Gasteiger partial charge in [0.1, 0.15) is 24.2 Å². The lowest BCUT2D eigenvalue weighted by Crippen LogP contribution is -2.58. The first-order valence-corrected chi connectivity index (χ1v) is 13.3. The average molecular weight is 576 g/mol. The molecule has 42 heavy (non-hydrogen) atoms. The lowest BCUT2D eigenvalue weighted by molar-refractivity contribution is -0.142. The van der Waals surface area contributed by atoms with E-state index in [4.69, 9.17) is 5.73 Å². The number of rotatable bonds is 14. The number of carbonyl (C=O) groups excluding carboxylic acids is 3. The molecule has 3 amide bonds. The summed E-state index contributed by atoms with van der Waals surface area (Å²) in [6.45, 7) is -0.629. The summed E-state index contributed by atoms with van der Waals surface area (Å²) in [5.41, 5.74) is 8.47. The average Bonchev–Trinajstić information content (AvgIpc) is 3.66. The van der Waals surface area contributed by atoms with Gasteiger partial charge in [-0.3, -0.25) is 14.4 Å². The highest BCUT2D eigenvalue weighted by molar-refractivity contribution is 5.95. The van der Waals surface area contributed by atoms with E-state index >= 15 is 0 Å².